The van der Waals surface area contributed by atoms with E-state index in [1.54, 1.807) is 11.0 Å². The predicted molar refractivity (Wildman–Crippen MR) is 83.3 cm³/mol. The highest BCUT2D eigenvalue weighted by Gasteiger charge is 2.15. The first-order valence-corrected chi connectivity index (χ1v) is 7.52. The van der Waals surface area contributed by atoms with Crippen molar-refractivity contribution in [3.63, 3.8) is 0 Å². The molecule has 0 radical (unpaired) electrons. The van der Waals surface area contributed by atoms with Gasteiger partial charge in [0.1, 0.15) is 0 Å². The van der Waals surface area contributed by atoms with Gasteiger partial charge < -0.3 is 10.2 Å². The summed E-state index contributed by atoms with van der Waals surface area (Å²) in [5.74, 6) is 0.265. The molecule has 1 aromatic heterocycles. The van der Waals surface area contributed by atoms with Crippen LogP contribution in [0.25, 0.3) is 0 Å². The molecule has 116 valence electrons. The molecule has 1 N–H and O–H groups in total. The zero-order valence-corrected chi connectivity index (χ0v) is 13.3. The number of nitrogens with one attached hydrogen (secondary N) is 1. The van der Waals surface area contributed by atoms with E-state index in [0.29, 0.717) is 36.7 Å². The van der Waals surface area contributed by atoms with Crippen molar-refractivity contribution in [2.24, 2.45) is 5.92 Å². The maximum absolute atomic E-state index is 12.2. The summed E-state index contributed by atoms with van der Waals surface area (Å²) in [5, 5.41) is 2.85. The second-order valence-electron chi connectivity index (χ2n) is 5.38. The summed E-state index contributed by atoms with van der Waals surface area (Å²) in [6.45, 7) is 9.98. The predicted octanol–water partition coefficient (Wildman–Crippen LogP) is 2.34. The largest absolute Gasteiger partial charge is 0.352 e. The molecule has 0 unspecified atom stereocenters. The minimum atomic E-state index is -0.183. The molecular weight excluding hydrogens is 266 g/mol. The lowest BCUT2D eigenvalue weighted by Crippen LogP contribution is -2.31. The van der Waals surface area contributed by atoms with Gasteiger partial charge in [0.15, 0.2) is 0 Å². The number of rotatable bonds is 7. The highest BCUT2D eigenvalue weighted by Crippen LogP contribution is 2.07. The van der Waals surface area contributed by atoms with Gasteiger partial charge in [-0.25, -0.2) is 0 Å². The van der Waals surface area contributed by atoms with E-state index < -0.39 is 0 Å². The van der Waals surface area contributed by atoms with Crippen LogP contribution in [-0.2, 0) is 0 Å². The van der Waals surface area contributed by atoms with Crippen molar-refractivity contribution in [2.45, 2.75) is 34.1 Å². The zero-order valence-electron chi connectivity index (χ0n) is 13.3. The molecule has 0 aliphatic carbocycles. The van der Waals surface area contributed by atoms with Crippen LogP contribution in [0.1, 0.15) is 54.8 Å². The molecule has 0 aliphatic rings. The SMILES string of the molecule is CCN(CC)C(=O)c1cncc(C(=O)NCCC(C)C)c1. The minimum absolute atomic E-state index is 0.0932. The number of hydrogen-bond donors (Lipinski definition) is 1. The average molecular weight is 291 g/mol. The highest BCUT2D eigenvalue weighted by atomic mass is 16.2. The molecule has 0 aromatic carbocycles. The van der Waals surface area contributed by atoms with Gasteiger partial charge in [0.25, 0.3) is 11.8 Å². The average Bonchev–Trinajstić information content (AvgIpc) is 2.48. The van der Waals surface area contributed by atoms with Crippen LogP contribution in [0.3, 0.4) is 0 Å². The van der Waals surface area contributed by atoms with Gasteiger partial charge in [0.2, 0.25) is 0 Å². The van der Waals surface area contributed by atoms with Crippen LogP contribution in [-0.4, -0.2) is 41.3 Å². The smallest absolute Gasteiger partial charge is 0.255 e. The van der Waals surface area contributed by atoms with Crippen LogP contribution in [0.5, 0.6) is 0 Å². The van der Waals surface area contributed by atoms with E-state index in [-0.39, 0.29) is 11.8 Å². The van der Waals surface area contributed by atoms with E-state index in [1.165, 1.54) is 12.4 Å². The summed E-state index contributed by atoms with van der Waals surface area (Å²) in [6, 6.07) is 1.61. The van der Waals surface area contributed by atoms with Gasteiger partial charge in [-0.2, -0.15) is 0 Å². The molecule has 1 heterocycles. The van der Waals surface area contributed by atoms with E-state index in [4.69, 9.17) is 0 Å². The molecular formula is C16H25N3O2. The molecule has 1 rings (SSSR count). The Morgan fingerprint density at radius 3 is 2.38 bits per heavy atom. The van der Waals surface area contributed by atoms with Gasteiger partial charge in [-0.15, -0.1) is 0 Å². The lowest BCUT2D eigenvalue weighted by atomic mass is 10.1. The fourth-order valence-corrected chi connectivity index (χ4v) is 1.95. The lowest BCUT2D eigenvalue weighted by molar-refractivity contribution is 0.0772. The summed E-state index contributed by atoms with van der Waals surface area (Å²) in [7, 11) is 0. The maximum atomic E-state index is 12.2. The van der Waals surface area contributed by atoms with Crippen LogP contribution >= 0.6 is 0 Å². The van der Waals surface area contributed by atoms with Gasteiger partial charge in [0, 0.05) is 32.0 Å². The Kier molecular flexibility index (Phi) is 6.85. The van der Waals surface area contributed by atoms with Crippen LogP contribution in [0.15, 0.2) is 18.5 Å². The number of hydrogen-bond acceptors (Lipinski definition) is 3. The first kappa shape index (κ1) is 17.1. The number of amides is 2. The third-order valence-electron chi connectivity index (χ3n) is 3.31. The van der Waals surface area contributed by atoms with Gasteiger partial charge >= 0.3 is 0 Å². The summed E-state index contributed by atoms with van der Waals surface area (Å²) in [6.07, 6.45) is 3.92. The molecule has 0 bridgehead atoms. The van der Waals surface area contributed by atoms with Gasteiger partial charge in [-0.1, -0.05) is 13.8 Å². The van der Waals surface area contributed by atoms with Crippen LogP contribution in [0.4, 0.5) is 0 Å². The third kappa shape index (κ3) is 5.17. The number of aromatic nitrogens is 1. The van der Waals surface area contributed by atoms with Crippen LogP contribution < -0.4 is 5.32 Å². The molecule has 0 atom stereocenters. The molecule has 2 amide bonds. The lowest BCUT2D eigenvalue weighted by Gasteiger charge is -2.18. The zero-order chi connectivity index (χ0) is 15.8. The summed E-state index contributed by atoms with van der Waals surface area (Å²) in [5.41, 5.74) is 0.881. The molecule has 1 aromatic rings. The van der Waals surface area contributed by atoms with Crippen LogP contribution in [0, 0.1) is 5.92 Å². The fraction of sp³-hybridized carbons (Fsp3) is 0.562. The van der Waals surface area contributed by atoms with Gasteiger partial charge in [-0.3, -0.25) is 14.6 Å². The second-order valence-corrected chi connectivity index (χ2v) is 5.38. The molecule has 5 nitrogen and oxygen atoms in total. The Balaban J connectivity index is 2.76. The highest BCUT2D eigenvalue weighted by molar-refractivity contribution is 5.99. The van der Waals surface area contributed by atoms with Crippen molar-refractivity contribution in [2.75, 3.05) is 19.6 Å². The second kappa shape index (κ2) is 8.39. The molecule has 0 saturated carbocycles. The molecule has 0 saturated heterocycles. The fourth-order valence-electron chi connectivity index (χ4n) is 1.95. The van der Waals surface area contributed by atoms with Gasteiger partial charge in [0.05, 0.1) is 11.1 Å². The number of pyridine rings is 1. The Morgan fingerprint density at radius 1 is 1.19 bits per heavy atom. The Bertz CT molecular complexity index is 482. The Hall–Kier alpha value is -1.91. The van der Waals surface area contributed by atoms with Crippen molar-refractivity contribution in [3.05, 3.63) is 29.6 Å². The van der Waals surface area contributed by atoms with Crippen molar-refractivity contribution in [3.8, 4) is 0 Å². The molecule has 5 heteroatoms. The molecule has 21 heavy (non-hydrogen) atoms. The van der Waals surface area contributed by atoms with E-state index in [2.05, 4.69) is 24.1 Å². The quantitative estimate of drug-likeness (QED) is 0.838. The number of nitrogens with zero attached hydrogens (tertiary/aromatic N) is 2. The number of carbonyl (C=O) groups excluding carboxylic acids is 2. The standard InChI is InChI=1S/C16H25N3O2/c1-5-19(6-2)16(21)14-9-13(10-17-11-14)15(20)18-8-7-12(3)4/h9-12H,5-8H2,1-4H3,(H,18,20). The van der Waals surface area contributed by atoms with E-state index in [0.717, 1.165) is 6.42 Å². The topological polar surface area (TPSA) is 62.3 Å². The van der Waals surface area contributed by atoms with Crippen molar-refractivity contribution in [1.29, 1.82) is 0 Å². The van der Waals surface area contributed by atoms with Gasteiger partial charge in [-0.05, 0) is 32.3 Å². The first-order valence-electron chi connectivity index (χ1n) is 7.52. The van der Waals surface area contributed by atoms with Crippen molar-refractivity contribution < 1.29 is 9.59 Å². The summed E-state index contributed by atoms with van der Waals surface area (Å²) < 4.78 is 0. The summed E-state index contributed by atoms with van der Waals surface area (Å²) in [4.78, 5) is 30.0. The van der Waals surface area contributed by atoms with E-state index >= 15 is 0 Å². The maximum Gasteiger partial charge on any atom is 0.255 e. The number of carbonyl (C=O) groups is 2. The Labute approximate surface area is 126 Å². The monoisotopic (exact) mass is 291 g/mol. The molecule has 0 fully saturated rings. The van der Waals surface area contributed by atoms with Crippen molar-refractivity contribution in [1.82, 2.24) is 15.2 Å². The minimum Gasteiger partial charge on any atom is -0.352 e. The summed E-state index contributed by atoms with van der Waals surface area (Å²) >= 11 is 0. The van der Waals surface area contributed by atoms with E-state index in [1.807, 2.05) is 13.8 Å². The molecule has 0 spiro atoms. The van der Waals surface area contributed by atoms with Crippen LogP contribution in [0.2, 0.25) is 0 Å². The first-order chi connectivity index (χ1) is 9.99. The van der Waals surface area contributed by atoms with E-state index in [9.17, 15) is 9.59 Å². The van der Waals surface area contributed by atoms with Crippen molar-refractivity contribution >= 4 is 11.8 Å². The molecule has 0 aliphatic heterocycles. The third-order valence-corrected chi connectivity index (χ3v) is 3.31. The Morgan fingerprint density at radius 2 is 1.81 bits per heavy atom. The normalized spacial score (nSPS) is 10.5.